The summed E-state index contributed by atoms with van der Waals surface area (Å²) in [4.78, 5) is 13.5. The Morgan fingerprint density at radius 2 is 2.25 bits per heavy atom. The van der Waals surface area contributed by atoms with Gasteiger partial charge in [-0.1, -0.05) is 35.9 Å². The predicted molar refractivity (Wildman–Crippen MR) is 65.2 cm³/mol. The van der Waals surface area contributed by atoms with Crippen molar-refractivity contribution in [1.29, 1.82) is 0 Å². The molecule has 1 unspecified atom stereocenters. The van der Waals surface area contributed by atoms with Crippen LogP contribution in [0.1, 0.15) is 18.4 Å². The van der Waals surface area contributed by atoms with Gasteiger partial charge in [0.1, 0.15) is 0 Å². The predicted octanol–water partition coefficient (Wildman–Crippen LogP) is 3.02. The fourth-order valence-electron chi connectivity index (χ4n) is 2.02. The zero-order valence-electron chi connectivity index (χ0n) is 9.03. The van der Waals surface area contributed by atoms with Crippen molar-refractivity contribution in [3.8, 4) is 0 Å². The molecular weight excluding hydrogens is 222 g/mol. The van der Waals surface area contributed by atoms with Crippen molar-refractivity contribution in [2.45, 2.75) is 25.4 Å². The first-order chi connectivity index (χ1) is 7.72. The van der Waals surface area contributed by atoms with Crippen LogP contribution in [0.4, 0.5) is 0 Å². The summed E-state index contributed by atoms with van der Waals surface area (Å²) < 4.78 is 0. The number of likely N-dealkylation sites (tertiary alicyclic amines) is 1. The van der Waals surface area contributed by atoms with Crippen molar-refractivity contribution >= 4 is 17.5 Å². The number of hydrogen-bond donors (Lipinski definition) is 0. The molecule has 1 heterocycles. The first-order valence-corrected chi connectivity index (χ1v) is 5.75. The summed E-state index contributed by atoms with van der Waals surface area (Å²) in [5.41, 5.74) is 0.992. The Morgan fingerprint density at radius 1 is 1.50 bits per heavy atom. The molecule has 1 saturated heterocycles. The highest BCUT2D eigenvalue weighted by Crippen LogP contribution is 2.24. The summed E-state index contributed by atoms with van der Waals surface area (Å²) in [7, 11) is 0. The summed E-state index contributed by atoms with van der Waals surface area (Å²) in [6, 6.07) is 7.78. The third kappa shape index (κ3) is 2.12. The Balaban J connectivity index is 2.17. The van der Waals surface area contributed by atoms with E-state index in [1.54, 1.807) is 0 Å². The smallest absolute Gasteiger partial charge is 0.223 e. The molecule has 0 bridgehead atoms. The molecule has 2 nitrogen and oxygen atoms in total. The van der Waals surface area contributed by atoms with Gasteiger partial charge in [0, 0.05) is 18.0 Å². The number of rotatable bonds is 3. The minimum absolute atomic E-state index is 0.156. The molecule has 1 aliphatic rings. The third-order valence-electron chi connectivity index (χ3n) is 2.95. The highest BCUT2D eigenvalue weighted by Gasteiger charge is 2.28. The minimum atomic E-state index is 0.156. The standard InChI is InChI=1S/C13H14ClNO/c1-2-11-7-8-13(16)15(11)9-10-5-3-4-6-12(10)14/h2-6,11H,1,7-9H2. The molecule has 84 valence electrons. The normalized spacial score (nSPS) is 20.2. The highest BCUT2D eigenvalue weighted by atomic mass is 35.5. The van der Waals surface area contributed by atoms with Crippen LogP contribution in [-0.2, 0) is 11.3 Å². The molecule has 0 aromatic heterocycles. The average Bonchev–Trinajstić information content (AvgIpc) is 2.63. The maximum Gasteiger partial charge on any atom is 0.223 e. The van der Waals surface area contributed by atoms with Crippen LogP contribution in [0.3, 0.4) is 0 Å². The molecule has 0 spiro atoms. The lowest BCUT2D eigenvalue weighted by atomic mass is 10.2. The van der Waals surface area contributed by atoms with Crippen molar-refractivity contribution < 1.29 is 4.79 Å². The van der Waals surface area contributed by atoms with Gasteiger partial charge < -0.3 is 4.90 Å². The summed E-state index contributed by atoms with van der Waals surface area (Å²) in [5, 5.41) is 0.713. The quantitative estimate of drug-likeness (QED) is 0.738. The molecule has 1 atom stereocenters. The lowest BCUT2D eigenvalue weighted by molar-refractivity contribution is -0.129. The summed E-state index contributed by atoms with van der Waals surface area (Å²) >= 11 is 6.08. The van der Waals surface area contributed by atoms with Crippen LogP contribution in [0, 0.1) is 0 Å². The molecule has 0 radical (unpaired) electrons. The van der Waals surface area contributed by atoms with E-state index >= 15 is 0 Å². The van der Waals surface area contributed by atoms with Crippen molar-refractivity contribution in [3.63, 3.8) is 0 Å². The zero-order valence-corrected chi connectivity index (χ0v) is 9.78. The lowest BCUT2D eigenvalue weighted by Crippen LogP contribution is -2.31. The molecule has 16 heavy (non-hydrogen) atoms. The van der Waals surface area contributed by atoms with Gasteiger partial charge in [-0.25, -0.2) is 0 Å². The van der Waals surface area contributed by atoms with Gasteiger partial charge >= 0.3 is 0 Å². The van der Waals surface area contributed by atoms with Gasteiger partial charge in [0.2, 0.25) is 5.91 Å². The fourth-order valence-corrected chi connectivity index (χ4v) is 2.21. The van der Waals surface area contributed by atoms with Crippen LogP contribution < -0.4 is 0 Å². The van der Waals surface area contributed by atoms with Gasteiger partial charge in [-0.05, 0) is 18.1 Å². The van der Waals surface area contributed by atoms with E-state index in [0.717, 1.165) is 12.0 Å². The Labute approximate surface area is 101 Å². The van der Waals surface area contributed by atoms with E-state index in [1.807, 2.05) is 35.2 Å². The van der Waals surface area contributed by atoms with E-state index in [2.05, 4.69) is 6.58 Å². The topological polar surface area (TPSA) is 20.3 Å². The Bertz CT molecular complexity index is 416. The van der Waals surface area contributed by atoms with Gasteiger partial charge in [-0.3, -0.25) is 4.79 Å². The molecule has 1 aromatic carbocycles. The van der Waals surface area contributed by atoms with Crippen molar-refractivity contribution in [2.75, 3.05) is 0 Å². The highest BCUT2D eigenvalue weighted by molar-refractivity contribution is 6.31. The van der Waals surface area contributed by atoms with Gasteiger partial charge in [0.15, 0.2) is 0 Å². The summed E-state index contributed by atoms with van der Waals surface area (Å²) in [5.74, 6) is 0.185. The minimum Gasteiger partial charge on any atom is -0.332 e. The Kier molecular flexibility index (Phi) is 3.30. The number of nitrogens with zero attached hydrogens (tertiary/aromatic N) is 1. The fraction of sp³-hybridized carbons (Fsp3) is 0.308. The van der Waals surface area contributed by atoms with E-state index in [-0.39, 0.29) is 11.9 Å². The van der Waals surface area contributed by atoms with Crippen LogP contribution >= 0.6 is 11.6 Å². The number of carbonyl (C=O) groups is 1. The molecule has 1 aromatic rings. The number of benzene rings is 1. The first kappa shape index (κ1) is 11.2. The van der Waals surface area contributed by atoms with Gasteiger partial charge in [0.25, 0.3) is 0 Å². The van der Waals surface area contributed by atoms with E-state index in [1.165, 1.54) is 0 Å². The molecular formula is C13H14ClNO. The van der Waals surface area contributed by atoms with Gasteiger partial charge in [-0.2, -0.15) is 0 Å². The van der Waals surface area contributed by atoms with Crippen LogP contribution in [0.15, 0.2) is 36.9 Å². The van der Waals surface area contributed by atoms with Gasteiger partial charge in [0.05, 0.1) is 6.04 Å². The zero-order chi connectivity index (χ0) is 11.5. The maximum absolute atomic E-state index is 11.7. The van der Waals surface area contributed by atoms with Gasteiger partial charge in [-0.15, -0.1) is 6.58 Å². The van der Waals surface area contributed by atoms with E-state index in [4.69, 9.17) is 11.6 Å². The molecule has 1 amide bonds. The SMILES string of the molecule is C=CC1CCC(=O)N1Cc1ccccc1Cl. The van der Waals surface area contributed by atoms with Crippen molar-refractivity contribution in [3.05, 3.63) is 47.5 Å². The summed E-state index contributed by atoms with van der Waals surface area (Å²) in [6.07, 6.45) is 3.32. The Morgan fingerprint density at radius 3 is 2.94 bits per heavy atom. The van der Waals surface area contributed by atoms with Crippen molar-refractivity contribution in [2.24, 2.45) is 0 Å². The number of carbonyl (C=O) groups excluding carboxylic acids is 1. The van der Waals surface area contributed by atoms with Crippen LogP contribution in [0.25, 0.3) is 0 Å². The molecule has 2 rings (SSSR count). The molecule has 3 heteroatoms. The Hall–Kier alpha value is -1.28. The molecule has 1 fully saturated rings. The van der Waals surface area contributed by atoms with Crippen LogP contribution in [0.2, 0.25) is 5.02 Å². The number of amides is 1. The second-order valence-corrected chi connectivity index (χ2v) is 4.36. The van der Waals surface area contributed by atoms with Crippen LogP contribution in [-0.4, -0.2) is 16.8 Å². The van der Waals surface area contributed by atoms with E-state index < -0.39 is 0 Å². The largest absolute Gasteiger partial charge is 0.332 e. The lowest BCUT2D eigenvalue weighted by Gasteiger charge is -2.22. The molecule has 0 saturated carbocycles. The molecule has 0 aliphatic carbocycles. The monoisotopic (exact) mass is 235 g/mol. The van der Waals surface area contributed by atoms with E-state index in [0.29, 0.717) is 18.0 Å². The number of hydrogen-bond acceptors (Lipinski definition) is 1. The average molecular weight is 236 g/mol. The maximum atomic E-state index is 11.7. The summed E-state index contributed by atoms with van der Waals surface area (Å²) in [6.45, 7) is 4.34. The third-order valence-corrected chi connectivity index (χ3v) is 3.31. The molecule has 0 N–H and O–H groups in total. The van der Waals surface area contributed by atoms with Crippen molar-refractivity contribution in [1.82, 2.24) is 4.90 Å². The molecule has 1 aliphatic heterocycles. The van der Waals surface area contributed by atoms with E-state index in [9.17, 15) is 4.79 Å². The number of halogens is 1. The van der Waals surface area contributed by atoms with Crippen LogP contribution in [0.5, 0.6) is 0 Å². The second-order valence-electron chi connectivity index (χ2n) is 3.95. The first-order valence-electron chi connectivity index (χ1n) is 5.38. The second kappa shape index (κ2) is 4.71.